The molecule has 260 valence electrons. The molecule has 0 aliphatic carbocycles. The number of hydrogen-bond donors (Lipinski definition) is 4. The number of aryl methyl sites for hydroxylation is 8. The highest BCUT2D eigenvalue weighted by molar-refractivity contribution is 5.83. The third kappa shape index (κ3) is 4.97. The number of rotatable bonds is 4. The molecule has 0 atom stereocenters. The summed E-state index contributed by atoms with van der Waals surface area (Å²) in [5.41, 5.74) is 12.8. The minimum Gasteiger partial charge on any atom is -0.354 e. The van der Waals surface area contributed by atoms with Crippen molar-refractivity contribution < 1.29 is 18.7 Å². The van der Waals surface area contributed by atoms with Crippen molar-refractivity contribution >= 4 is 22.3 Å². The van der Waals surface area contributed by atoms with Crippen LogP contribution in [0.5, 0.6) is 0 Å². The van der Waals surface area contributed by atoms with Gasteiger partial charge < -0.3 is 19.9 Å². The Bertz CT molecular complexity index is 2480. The summed E-state index contributed by atoms with van der Waals surface area (Å²) in [6.45, 7) is 0. The van der Waals surface area contributed by atoms with Gasteiger partial charge in [-0.3, -0.25) is 0 Å². The first-order valence-corrected chi connectivity index (χ1v) is 17.4. The van der Waals surface area contributed by atoms with Crippen molar-refractivity contribution in [2.24, 2.45) is 56.4 Å². The molecular formula is C40H44N12+4. The van der Waals surface area contributed by atoms with Gasteiger partial charge in [-0.15, -0.1) is 18.7 Å². The molecule has 0 fully saturated rings. The summed E-state index contributed by atoms with van der Waals surface area (Å²) in [5.74, 6) is 0. The topological polar surface area (TPSA) is 98.4 Å². The summed E-state index contributed by atoms with van der Waals surface area (Å²) in [6, 6.07) is 17.6. The SMILES string of the molecule is Cn1cc(C2=c3ccc([nH]3)=C(c3cn(C)[n+](C)c3)c3ccc([nH]3)C(c3cn(C)[n+](C)c3)=c3ccc([nH]3)=C(c3cn(C)[n+](C)c3)c3ccc2[nH]3)c[n+]1C. The quantitative estimate of drug-likeness (QED) is 0.170. The van der Waals surface area contributed by atoms with E-state index in [9.17, 15) is 0 Å². The summed E-state index contributed by atoms with van der Waals surface area (Å²) in [5, 5.41) is 4.07. The van der Waals surface area contributed by atoms with E-state index in [1.54, 1.807) is 0 Å². The number of nitrogens with one attached hydrogen (secondary N) is 4. The zero-order valence-electron chi connectivity index (χ0n) is 30.8. The van der Waals surface area contributed by atoms with Crippen molar-refractivity contribution in [2.75, 3.05) is 0 Å². The Kier molecular flexibility index (Phi) is 6.94. The lowest BCUT2D eigenvalue weighted by atomic mass is 10.1. The predicted octanol–water partition coefficient (Wildman–Crippen LogP) is -1.05. The summed E-state index contributed by atoms with van der Waals surface area (Å²) >= 11 is 0. The van der Waals surface area contributed by atoms with Gasteiger partial charge in [0.05, 0.1) is 75.2 Å². The number of H-pyrrole nitrogens is 4. The van der Waals surface area contributed by atoms with E-state index in [4.69, 9.17) is 0 Å². The molecule has 8 bridgehead atoms. The van der Waals surface area contributed by atoms with Crippen LogP contribution in [0, 0.1) is 0 Å². The molecule has 9 rings (SSSR count). The van der Waals surface area contributed by atoms with E-state index in [-0.39, 0.29) is 0 Å². The smallest absolute Gasteiger partial charge is 0.203 e. The van der Waals surface area contributed by atoms with Crippen LogP contribution in [-0.2, 0) is 56.4 Å². The summed E-state index contributed by atoms with van der Waals surface area (Å²) in [7, 11) is 16.5. The zero-order valence-corrected chi connectivity index (χ0v) is 30.8. The molecule has 0 unspecified atom stereocenters. The Morgan fingerprint density at radius 3 is 0.769 bits per heavy atom. The number of fused-ring (bicyclic) bond motifs is 8. The number of aromatic amines is 4. The maximum atomic E-state index is 3.87. The van der Waals surface area contributed by atoms with Gasteiger partial charge in [0.1, 0.15) is 0 Å². The van der Waals surface area contributed by atoms with Crippen LogP contribution in [0.2, 0.25) is 0 Å². The third-order valence-electron chi connectivity index (χ3n) is 10.7. The van der Waals surface area contributed by atoms with Gasteiger partial charge in [-0.1, -0.05) is 0 Å². The van der Waals surface area contributed by atoms with Crippen LogP contribution in [0.25, 0.3) is 22.3 Å². The highest BCUT2D eigenvalue weighted by atomic mass is 15.4. The number of nitrogens with zero attached hydrogens (tertiary/aromatic N) is 8. The fourth-order valence-electron chi connectivity index (χ4n) is 7.56. The first-order valence-electron chi connectivity index (χ1n) is 17.4. The average molecular weight is 693 g/mol. The molecule has 0 amide bonds. The Morgan fingerprint density at radius 2 is 0.577 bits per heavy atom. The number of aromatic nitrogens is 12. The molecular weight excluding hydrogens is 649 g/mol. The molecule has 12 nitrogen and oxygen atoms in total. The van der Waals surface area contributed by atoms with E-state index in [1.807, 2.05) is 0 Å². The van der Waals surface area contributed by atoms with Gasteiger partial charge in [-0.25, -0.2) is 0 Å². The van der Waals surface area contributed by atoms with Crippen LogP contribution in [0.4, 0.5) is 0 Å². The second kappa shape index (κ2) is 11.5. The first-order chi connectivity index (χ1) is 25.0. The summed E-state index contributed by atoms with van der Waals surface area (Å²) < 4.78 is 16.8. The molecule has 8 aromatic heterocycles. The second-order valence-corrected chi connectivity index (χ2v) is 14.1. The van der Waals surface area contributed by atoms with Crippen molar-refractivity contribution in [2.45, 2.75) is 0 Å². The molecule has 0 saturated heterocycles. The largest absolute Gasteiger partial charge is 0.354 e. The van der Waals surface area contributed by atoms with Gasteiger partial charge in [0.25, 0.3) is 0 Å². The van der Waals surface area contributed by atoms with Gasteiger partial charge >= 0.3 is 0 Å². The van der Waals surface area contributed by atoms with Crippen LogP contribution in [0.1, 0.15) is 45.0 Å². The van der Waals surface area contributed by atoms with Gasteiger partial charge in [0.2, 0.25) is 24.8 Å². The van der Waals surface area contributed by atoms with E-state index in [1.165, 1.54) is 0 Å². The van der Waals surface area contributed by atoms with Crippen molar-refractivity contribution in [1.29, 1.82) is 0 Å². The molecule has 4 N–H and O–H groups in total. The van der Waals surface area contributed by atoms with E-state index < -0.39 is 0 Å². The molecule has 8 aromatic rings. The standard InChI is InChI=1S/C40H44N12/c1-45-17-25(18-46(45)2)37-29-9-11-31(41-29)38(26-19-47(3)48(4)20-26)33-13-15-35(43-33)40(28-23-51(7)52(8)24-28)36-16-14-34(44-36)39(32-12-10-30(37)42-32)27-21-49(5)50(6)22-27/h9-24,41-44H,1-8H3/q+4. The van der Waals surface area contributed by atoms with Gasteiger partial charge in [-0.05, 0) is 48.5 Å². The van der Waals surface area contributed by atoms with Crippen molar-refractivity contribution in [3.8, 4) is 0 Å². The van der Waals surface area contributed by atoms with Crippen LogP contribution >= 0.6 is 0 Å². The molecule has 9 heterocycles. The predicted molar refractivity (Wildman–Crippen MR) is 194 cm³/mol. The van der Waals surface area contributed by atoms with E-state index in [2.05, 4.69) is 212 Å². The molecule has 1 aliphatic rings. The van der Waals surface area contributed by atoms with Crippen LogP contribution in [0.3, 0.4) is 0 Å². The summed E-state index contributed by atoms with van der Waals surface area (Å²) in [6.07, 6.45) is 17.4. The molecule has 0 aromatic carbocycles. The van der Waals surface area contributed by atoms with E-state index in [0.717, 1.165) is 88.7 Å². The monoisotopic (exact) mass is 692 g/mol. The minimum absolute atomic E-state index is 1.02. The zero-order chi connectivity index (χ0) is 36.0. The normalized spacial score (nSPS) is 13.2. The average Bonchev–Trinajstić information content (AvgIpc) is 3.95. The van der Waals surface area contributed by atoms with Crippen LogP contribution < -0.4 is 40.1 Å². The Morgan fingerprint density at radius 1 is 0.346 bits per heavy atom. The maximum Gasteiger partial charge on any atom is 0.203 e. The fraction of sp³-hybridized carbons (Fsp3) is 0.200. The minimum atomic E-state index is 1.02. The molecule has 0 radical (unpaired) electrons. The third-order valence-corrected chi connectivity index (χ3v) is 10.7. The lowest BCUT2D eigenvalue weighted by Crippen LogP contribution is -2.35. The van der Waals surface area contributed by atoms with Crippen molar-refractivity contribution in [3.05, 3.63) is 165 Å². The molecule has 0 saturated carbocycles. The van der Waals surface area contributed by atoms with Crippen LogP contribution in [-0.4, -0.2) is 38.7 Å². The van der Waals surface area contributed by atoms with E-state index >= 15 is 0 Å². The Balaban J connectivity index is 1.44. The lowest BCUT2D eigenvalue weighted by Gasteiger charge is -2.05. The fourth-order valence-corrected chi connectivity index (χ4v) is 7.56. The summed E-state index contributed by atoms with van der Waals surface area (Å²) in [4.78, 5) is 15.5. The van der Waals surface area contributed by atoms with Crippen molar-refractivity contribution in [3.63, 3.8) is 0 Å². The highest BCUT2D eigenvalue weighted by Gasteiger charge is 2.23. The molecule has 52 heavy (non-hydrogen) atoms. The van der Waals surface area contributed by atoms with Gasteiger partial charge in [0, 0.05) is 66.5 Å². The highest BCUT2D eigenvalue weighted by Crippen LogP contribution is 2.27. The van der Waals surface area contributed by atoms with Crippen LogP contribution in [0.15, 0.2) is 98.1 Å². The Labute approximate surface area is 300 Å². The number of hydrogen-bond acceptors (Lipinski definition) is 0. The lowest BCUT2D eigenvalue weighted by molar-refractivity contribution is -0.751. The molecule has 12 heteroatoms. The van der Waals surface area contributed by atoms with Crippen molar-refractivity contribution in [1.82, 2.24) is 38.7 Å². The molecule has 0 spiro atoms. The van der Waals surface area contributed by atoms with E-state index in [0.29, 0.717) is 0 Å². The van der Waals surface area contributed by atoms with Gasteiger partial charge in [0.15, 0.2) is 28.2 Å². The maximum absolute atomic E-state index is 3.87. The Hall–Kier alpha value is -6.56. The second-order valence-electron chi connectivity index (χ2n) is 14.1. The molecule has 1 aliphatic heterocycles. The first kappa shape index (κ1) is 31.4. The van der Waals surface area contributed by atoms with Gasteiger partial charge in [-0.2, -0.15) is 18.7 Å².